The van der Waals surface area contributed by atoms with E-state index in [1.54, 1.807) is 6.07 Å². The zero-order valence-electron chi connectivity index (χ0n) is 21.6. The fraction of sp³-hybridized carbons (Fsp3) is 0.407. The molecular weight excluding hydrogens is 481 g/mol. The average molecular weight is 515 g/mol. The van der Waals surface area contributed by atoms with Crippen molar-refractivity contribution in [2.24, 2.45) is 0 Å². The van der Waals surface area contributed by atoms with Crippen LogP contribution < -0.4 is 16.0 Å². The number of aryl methyl sites for hydroxylation is 1. The minimum atomic E-state index is -4.47. The van der Waals surface area contributed by atoms with Gasteiger partial charge in [0, 0.05) is 60.4 Å². The van der Waals surface area contributed by atoms with Gasteiger partial charge in [-0.3, -0.25) is 9.78 Å². The van der Waals surface area contributed by atoms with E-state index in [9.17, 15) is 18.0 Å². The van der Waals surface area contributed by atoms with E-state index in [0.29, 0.717) is 38.3 Å². The van der Waals surface area contributed by atoms with E-state index in [0.717, 1.165) is 40.1 Å². The minimum absolute atomic E-state index is 0.0692. The number of pyridine rings is 1. The lowest BCUT2D eigenvalue weighted by molar-refractivity contribution is -0.137. The predicted molar refractivity (Wildman–Crippen MR) is 142 cm³/mol. The van der Waals surface area contributed by atoms with E-state index in [2.05, 4.69) is 21.3 Å². The van der Waals surface area contributed by atoms with Gasteiger partial charge in [-0.25, -0.2) is 0 Å². The number of alkyl halides is 3. The first-order valence-corrected chi connectivity index (χ1v) is 12.2. The van der Waals surface area contributed by atoms with Gasteiger partial charge in [-0.1, -0.05) is 0 Å². The number of hydrogen-bond acceptors (Lipinski definition) is 6. The standard InChI is InChI=1S/C27H33F3N6O/c1-17-11-25(33-18(2)19-12-20(27(28,29)30)14-21(31)13-19)23-15-22(5-6-24(23)32-17)35-7-9-36(10-8-35)26(37)16-34(3)4/h5-6,11-15,18H,7-10,16,31H2,1-4H3,(H,32,33). The summed E-state index contributed by atoms with van der Waals surface area (Å²) in [6.45, 7) is 6.82. The first-order valence-electron chi connectivity index (χ1n) is 12.2. The van der Waals surface area contributed by atoms with E-state index < -0.39 is 17.8 Å². The van der Waals surface area contributed by atoms with Crippen LogP contribution in [0, 0.1) is 6.92 Å². The van der Waals surface area contributed by atoms with Crippen molar-refractivity contribution in [2.45, 2.75) is 26.1 Å². The summed E-state index contributed by atoms with van der Waals surface area (Å²) in [4.78, 5) is 23.0. The maximum Gasteiger partial charge on any atom is 0.416 e. The number of anilines is 3. The van der Waals surface area contributed by atoms with Gasteiger partial charge in [0.2, 0.25) is 5.91 Å². The quantitative estimate of drug-likeness (QED) is 0.471. The summed E-state index contributed by atoms with van der Waals surface area (Å²) in [5, 5.41) is 4.26. The molecule has 1 aromatic heterocycles. The number of rotatable bonds is 6. The number of nitrogens with two attached hydrogens (primary N) is 1. The minimum Gasteiger partial charge on any atom is -0.399 e. The molecule has 3 aromatic rings. The molecule has 198 valence electrons. The lowest BCUT2D eigenvalue weighted by Gasteiger charge is -2.36. The fourth-order valence-corrected chi connectivity index (χ4v) is 4.65. The van der Waals surface area contributed by atoms with Crippen LogP contribution >= 0.6 is 0 Å². The van der Waals surface area contributed by atoms with Gasteiger partial charge >= 0.3 is 6.18 Å². The molecule has 4 rings (SSSR count). The number of likely N-dealkylation sites (N-methyl/N-ethyl adjacent to an activating group) is 1. The van der Waals surface area contributed by atoms with Gasteiger partial charge in [-0.05, 0) is 76.0 Å². The van der Waals surface area contributed by atoms with Crippen molar-refractivity contribution >= 4 is 33.9 Å². The number of carbonyl (C=O) groups excluding carboxylic acids is 1. The van der Waals surface area contributed by atoms with Crippen molar-refractivity contribution in [3.05, 3.63) is 59.3 Å². The highest BCUT2D eigenvalue weighted by atomic mass is 19.4. The summed E-state index contributed by atoms with van der Waals surface area (Å²) in [6, 6.07) is 11.1. The molecule has 2 heterocycles. The summed E-state index contributed by atoms with van der Waals surface area (Å²) < 4.78 is 40.0. The van der Waals surface area contributed by atoms with Crippen LogP contribution in [0.4, 0.5) is 30.2 Å². The van der Waals surface area contributed by atoms with Gasteiger partial charge in [0.05, 0.1) is 17.6 Å². The summed E-state index contributed by atoms with van der Waals surface area (Å²) in [5.41, 5.74) is 8.92. The SMILES string of the molecule is Cc1cc(NC(C)c2cc(N)cc(C(F)(F)F)c2)c2cc(N3CCN(C(=O)CN(C)C)CC3)ccc2n1. The van der Waals surface area contributed by atoms with Crippen molar-refractivity contribution in [2.75, 3.05) is 62.8 Å². The number of nitrogens with zero attached hydrogens (tertiary/aromatic N) is 4. The molecule has 3 N–H and O–H groups in total. The largest absolute Gasteiger partial charge is 0.416 e. The van der Waals surface area contributed by atoms with Crippen molar-refractivity contribution < 1.29 is 18.0 Å². The van der Waals surface area contributed by atoms with Crippen molar-refractivity contribution in [1.29, 1.82) is 0 Å². The molecule has 0 saturated carbocycles. The summed E-state index contributed by atoms with van der Waals surface area (Å²) in [7, 11) is 3.76. The molecule has 1 fully saturated rings. The summed E-state index contributed by atoms with van der Waals surface area (Å²) in [6.07, 6.45) is -4.47. The van der Waals surface area contributed by atoms with Gasteiger partial charge in [-0.2, -0.15) is 13.2 Å². The zero-order valence-corrected chi connectivity index (χ0v) is 21.6. The molecule has 1 aliphatic heterocycles. The molecule has 1 amide bonds. The second kappa shape index (κ2) is 10.5. The van der Waals surface area contributed by atoms with Crippen LogP contribution in [-0.4, -0.2) is 67.5 Å². The molecule has 0 aliphatic carbocycles. The number of fused-ring (bicyclic) bond motifs is 1. The monoisotopic (exact) mass is 514 g/mol. The highest BCUT2D eigenvalue weighted by Gasteiger charge is 2.31. The van der Waals surface area contributed by atoms with E-state index in [1.807, 2.05) is 55.9 Å². The Morgan fingerprint density at radius 3 is 2.46 bits per heavy atom. The van der Waals surface area contributed by atoms with Crippen LogP contribution in [0.1, 0.15) is 29.8 Å². The Morgan fingerprint density at radius 2 is 1.81 bits per heavy atom. The number of aromatic nitrogens is 1. The lowest BCUT2D eigenvalue weighted by Crippen LogP contribution is -2.50. The fourth-order valence-electron chi connectivity index (χ4n) is 4.65. The van der Waals surface area contributed by atoms with Crippen LogP contribution in [0.5, 0.6) is 0 Å². The first kappa shape index (κ1) is 26.5. The molecule has 0 spiro atoms. The predicted octanol–water partition coefficient (Wildman–Crippen LogP) is 4.53. The smallest absolute Gasteiger partial charge is 0.399 e. The van der Waals surface area contributed by atoms with Gasteiger partial charge < -0.3 is 25.8 Å². The lowest BCUT2D eigenvalue weighted by atomic mass is 10.0. The topological polar surface area (TPSA) is 77.7 Å². The number of benzene rings is 2. The number of carbonyl (C=O) groups is 1. The van der Waals surface area contributed by atoms with Crippen LogP contribution in [0.25, 0.3) is 10.9 Å². The molecule has 1 unspecified atom stereocenters. The third-order valence-corrected chi connectivity index (χ3v) is 6.55. The number of halogens is 3. The third kappa shape index (κ3) is 6.25. The normalized spacial score (nSPS) is 15.4. The molecule has 2 aromatic carbocycles. The molecule has 37 heavy (non-hydrogen) atoms. The Morgan fingerprint density at radius 1 is 1.11 bits per heavy atom. The highest BCUT2D eigenvalue weighted by molar-refractivity contribution is 5.94. The van der Waals surface area contributed by atoms with Crippen LogP contribution in [0.15, 0.2) is 42.5 Å². The summed E-state index contributed by atoms with van der Waals surface area (Å²) in [5.74, 6) is 0.124. The van der Waals surface area contributed by atoms with Crippen LogP contribution in [-0.2, 0) is 11.0 Å². The van der Waals surface area contributed by atoms with E-state index in [1.165, 1.54) is 0 Å². The Balaban J connectivity index is 1.58. The Bertz CT molecular complexity index is 1290. The number of nitrogen functional groups attached to an aromatic ring is 1. The second-order valence-electron chi connectivity index (χ2n) is 9.87. The molecule has 1 saturated heterocycles. The molecular formula is C27H33F3N6O. The van der Waals surface area contributed by atoms with Crippen molar-refractivity contribution in [3.8, 4) is 0 Å². The Kier molecular flexibility index (Phi) is 7.49. The molecule has 1 atom stereocenters. The Labute approximate surface area is 215 Å². The maximum atomic E-state index is 13.3. The van der Waals surface area contributed by atoms with Gasteiger partial charge in [0.25, 0.3) is 0 Å². The van der Waals surface area contributed by atoms with E-state index in [-0.39, 0.29) is 11.6 Å². The van der Waals surface area contributed by atoms with Crippen molar-refractivity contribution in [1.82, 2.24) is 14.8 Å². The highest BCUT2D eigenvalue weighted by Crippen LogP contribution is 2.35. The number of nitrogens with one attached hydrogen (secondary N) is 1. The van der Waals surface area contributed by atoms with E-state index in [4.69, 9.17) is 5.73 Å². The molecule has 0 radical (unpaired) electrons. The van der Waals surface area contributed by atoms with Gasteiger partial charge in [-0.15, -0.1) is 0 Å². The second-order valence-corrected chi connectivity index (χ2v) is 9.87. The van der Waals surface area contributed by atoms with Crippen LogP contribution in [0.3, 0.4) is 0 Å². The number of amides is 1. The Hall–Kier alpha value is -3.53. The zero-order chi connectivity index (χ0) is 26.9. The summed E-state index contributed by atoms with van der Waals surface area (Å²) >= 11 is 0. The van der Waals surface area contributed by atoms with Gasteiger partial charge in [0.15, 0.2) is 0 Å². The van der Waals surface area contributed by atoms with Crippen molar-refractivity contribution in [3.63, 3.8) is 0 Å². The number of piperazine rings is 1. The first-order chi connectivity index (χ1) is 17.4. The van der Waals surface area contributed by atoms with Crippen LogP contribution in [0.2, 0.25) is 0 Å². The average Bonchev–Trinajstić information content (AvgIpc) is 2.82. The molecule has 10 heteroatoms. The molecule has 1 aliphatic rings. The van der Waals surface area contributed by atoms with Gasteiger partial charge in [0.1, 0.15) is 0 Å². The molecule has 7 nitrogen and oxygen atoms in total. The number of hydrogen-bond donors (Lipinski definition) is 2. The molecule has 0 bridgehead atoms. The van der Waals surface area contributed by atoms with E-state index >= 15 is 0 Å². The maximum absolute atomic E-state index is 13.3. The third-order valence-electron chi connectivity index (χ3n) is 6.55.